The third-order valence-corrected chi connectivity index (χ3v) is 5.41. The van der Waals surface area contributed by atoms with Crippen molar-refractivity contribution < 1.29 is 18.0 Å². The van der Waals surface area contributed by atoms with Crippen LogP contribution >= 0.6 is 23.4 Å². The van der Waals surface area contributed by atoms with Crippen LogP contribution in [0, 0.1) is 0 Å². The molecule has 10 heteroatoms. The molecule has 3 aromatic rings. The molecular formula is C20H18ClF3N4OS. The van der Waals surface area contributed by atoms with Gasteiger partial charge in [0, 0.05) is 23.7 Å². The van der Waals surface area contributed by atoms with Gasteiger partial charge < -0.3 is 9.88 Å². The number of hydrogen-bond donors (Lipinski definition) is 1. The van der Waals surface area contributed by atoms with Crippen LogP contribution < -0.4 is 5.32 Å². The van der Waals surface area contributed by atoms with E-state index in [9.17, 15) is 18.0 Å². The van der Waals surface area contributed by atoms with E-state index in [0.717, 1.165) is 23.5 Å². The molecule has 0 saturated carbocycles. The molecule has 158 valence electrons. The number of anilines is 1. The number of halogens is 4. The lowest BCUT2D eigenvalue weighted by molar-refractivity contribution is -0.137. The number of rotatable bonds is 7. The van der Waals surface area contributed by atoms with Gasteiger partial charge in [0.2, 0.25) is 5.91 Å². The number of amides is 1. The van der Waals surface area contributed by atoms with E-state index < -0.39 is 17.6 Å². The molecule has 2 aromatic carbocycles. The number of benzene rings is 2. The van der Waals surface area contributed by atoms with Crippen LogP contribution in [0.3, 0.4) is 0 Å². The first kappa shape index (κ1) is 22.2. The van der Waals surface area contributed by atoms with Crippen molar-refractivity contribution in [3.8, 4) is 0 Å². The molecule has 30 heavy (non-hydrogen) atoms. The number of thioether (sulfide) groups is 1. The topological polar surface area (TPSA) is 59.8 Å². The fraction of sp³-hybridized carbons (Fsp3) is 0.250. The molecule has 0 aliphatic heterocycles. The van der Waals surface area contributed by atoms with E-state index in [1.54, 1.807) is 12.1 Å². The van der Waals surface area contributed by atoms with Crippen molar-refractivity contribution in [1.29, 1.82) is 0 Å². The van der Waals surface area contributed by atoms with Crippen molar-refractivity contribution in [3.05, 3.63) is 70.5 Å². The summed E-state index contributed by atoms with van der Waals surface area (Å²) in [5.74, 6) is 0.319. The lowest BCUT2D eigenvalue weighted by atomic mass is 10.1. The molecule has 0 bridgehead atoms. The van der Waals surface area contributed by atoms with Crippen LogP contribution in [-0.2, 0) is 23.9 Å². The minimum atomic E-state index is -4.46. The Bertz CT molecular complexity index is 1020. The molecule has 0 fully saturated rings. The van der Waals surface area contributed by atoms with Crippen LogP contribution in [-0.4, -0.2) is 26.4 Å². The summed E-state index contributed by atoms with van der Waals surface area (Å²) < 4.78 is 40.3. The summed E-state index contributed by atoms with van der Waals surface area (Å²) in [6, 6.07) is 11.9. The number of alkyl halides is 3. The van der Waals surface area contributed by atoms with Gasteiger partial charge in [0.25, 0.3) is 0 Å². The van der Waals surface area contributed by atoms with Crippen molar-refractivity contribution >= 4 is 35.0 Å². The van der Waals surface area contributed by atoms with Gasteiger partial charge in [-0.15, -0.1) is 10.2 Å². The van der Waals surface area contributed by atoms with Crippen LogP contribution in [0.25, 0.3) is 0 Å². The van der Waals surface area contributed by atoms with Crippen molar-refractivity contribution in [1.82, 2.24) is 14.8 Å². The van der Waals surface area contributed by atoms with Crippen LogP contribution in [0.5, 0.6) is 0 Å². The summed E-state index contributed by atoms with van der Waals surface area (Å²) >= 11 is 7.08. The van der Waals surface area contributed by atoms with Gasteiger partial charge in [-0.25, -0.2) is 0 Å². The van der Waals surface area contributed by atoms with Crippen LogP contribution in [0.4, 0.5) is 18.9 Å². The maximum atomic E-state index is 12.8. The number of nitrogens with zero attached hydrogens (tertiary/aromatic N) is 3. The second kappa shape index (κ2) is 9.53. The largest absolute Gasteiger partial charge is 0.416 e. The predicted molar refractivity (Wildman–Crippen MR) is 111 cm³/mol. The molecular weight excluding hydrogens is 437 g/mol. The molecule has 0 spiro atoms. The SMILES string of the molecule is CCn1c(Cc2ccc(Cl)cc2)nnc1SCC(=O)Nc1cccc(C(F)(F)F)c1. The van der Waals surface area contributed by atoms with Gasteiger partial charge in [-0.2, -0.15) is 13.2 Å². The Morgan fingerprint density at radius 3 is 2.57 bits per heavy atom. The molecule has 1 amide bonds. The van der Waals surface area contributed by atoms with Gasteiger partial charge in [-0.05, 0) is 42.8 Å². The molecule has 0 saturated heterocycles. The highest BCUT2D eigenvalue weighted by Gasteiger charge is 2.30. The molecule has 0 aliphatic carbocycles. The first-order valence-electron chi connectivity index (χ1n) is 9.02. The lowest BCUT2D eigenvalue weighted by Gasteiger charge is -2.10. The molecule has 3 rings (SSSR count). The van der Waals surface area contributed by atoms with Crippen LogP contribution in [0.1, 0.15) is 23.9 Å². The Kier molecular flexibility index (Phi) is 7.04. The zero-order valence-electron chi connectivity index (χ0n) is 15.9. The summed E-state index contributed by atoms with van der Waals surface area (Å²) in [5.41, 5.74) is 0.307. The minimum absolute atomic E-state index is 0.00464. The van der Waals surface area contributed by atoms with Crippen LogP contribution in [0.2, 0.25) is 5.02 Å². The van der Waals surface area contributed by atoms with Crippen molar-refractivity contribution in [3.63, 3.8) is 0 Å². The van der Waals surface area contributed by atoms with Crippen molar-refractivity contribution in [2.45, 2.75) is 31.2 Å². The van der Waals surface area contributed by atoms with Gasteiger partial charge in [-0.3, -0.25) is 4.79 Å². The molecule has 0 unspecified atom stereocenters. The Hall–Kier alpha value is -2.52. The van der Waals surface area contributed by atoms with Gasteiger partial charge in [0.15, 0.2) is 5.16 Å². The monoisotopic (exact) mass is 454 g/mol. The Morgan fingerprint density at radius 2 is 1.90 bits per heavy atom. The van der Waals surface area contributed by atoms with Gasteiger partial charge in [0.05, 0.1) is 11.3 Å². The lowest BCUT2D eigenvalue weighted by Crippen LogP contribution is -2.15. The average molecular weight is 455 g/mol. The summed E-state index contributed by atoms with van der Waals surface area (Å²) in [5, 5.41) is 12.1. The van der Waals surface area contributed by atoms with E-state index in [1.165, 1.54) is 23.9 Å². The molecule has 5 nitrogen and oxygen atoms in total. The van der Waals surface area contributed by atoms with E-state index in [1.807, 2.05) is 23.6 Å². The van der Waals surface area contributed by atoms with Gasteiger partial charge >= 0.3 is 6.18 Å². The zero-order chi connectivity index (χ0) is 21.7. The second-order valence-corrected chi connectivity index (χ2v) is 7.74. The van der Waals surface area contributed by atoms with E-state index >= 15 is 0 Å². The Balaban J connectivity index is 1.62. The summed E-state index contributed by atoms with van der Waals surface area (Å²) in [6.45, 7) is 2.56. The fourth-order valence-electron chi connectivity index (χ4n) is 2.76. The highest BCUT2D eigenvalue weighted by atomic mass is 35.5. The molecule has 0 aliphatic rings. The first-order valence-corrected chi connectivity index (χ1v) is 10.4. The van der Waals surface area contributed by atoms with E-state index in [-0.39, 0.29) is 11.4 Å². The maximum absolute atomic E-state index is 12.8. The minimum Gasteiger partial charge on any atom is -0.325 e. The van der Waals surface area contributed by atoms with Gasteiger partial charge in [0.1, 0.15) is 5.82 Å². The predicted octanol–water partition coefficient (Wildman–Crippen LogP) is 5.29. The third-order valence-electron chi connectivity index (χ3n) is 4.19. The summed E-state index contributed by atoms with van der Waals surface area (Å²) in [6.07, 6.45) is -3.90. The van der Waals surface area contributed by atoms with E-state index in [0.29, 0.717) is 23.1 Å². The molecule has 1 N–H and O–H groups in total. The average Bonchev–Trinajstić information content (AvgIpc) is 3.09. The van der Waals surface area contributed by atoms with Crippen LogP contribution in [0.15, 0.2) is 53.7 Å². The quantitative estimate of drug-likeness (QED) is 0.493. The number of hydrogen-bond acceptors (Lipinski definition) is 4. The van der Waals surface area contributed by atoms with Gasteiger partial charge in [-0.1, -0.05) is 41.6 Å². The Labute approximate surface area is 180 Å². The molecule has 1 heterocycles. The highest BCUT2D eigenvalue weighted by Crippen LogP contribution is 2.30. The maximum Gasteiger partial charge on any atom is 0.416 e. The number of carbonyl (C=O) groups is 1. The standard InChI is InChI=1S/C20H18ClF3N4OS/c1-2-28-17(10-13-6-8-15(21)9-7-13)26-27-19(28)30-12-18(29)25-16-5-3-4-14(11-16)20(22,23)24/h3-9,11H,2,10,12H2,1H3,(H,25,29). The van der Waals surface area contributed by atoms with E-state index in [4.69, 9.17) is 11.6 Å². The normalized spacial score (nSPS) is 11.5. The zero-order valence-corrected chi connectivity index (χ0v) is 17.5. The smallest absolute Gasteiger partial charge is 0.325 e. The fourth-order valence-corrected chi connectivity index (χ4v) is 3.71. The third kappa shape index (κ3) is 5.76. The number of aromatic nitrogens is 3. The van der Waals surface area contributed by atoms with Crippen molar-refractivity contribution in [2.24, 2.45) is 0 Å². The highest BCUT2D eigenvalue weighted by molar-refractivity contribution is 7.99. The van der Waals surface area contributed by atoms with E-state index in [2.05, 4.69) is 15.5 Å². The molecule has 1 aromatic heterocycles. The number of carbonyl (C=O) groups excluding carboxylic acids is 1. The summed E-state index contributed by atoms with van der Waals surface area (Å²) in [4.78, 5) is 12.2. The summed E-state index contributed by atoms with van der Waals surface area (Å²) in [7, 11) is 0. The first-order chi connectivity index (χ1) is 14.3. The number of nitrogens with one attached hydrogen (secondary N) is 1. The molecule has 0 radical (unpaired) electrons. The molecule has 0 atom stereocenters. The van der Waals surface area contributed by atoms with Crippen molar-refractivity contribution in [2.75, 3.05) is 11.1 Å². The second-order valence-electron chi connectivity index (χ2n) is 6.36. The Morgan fingerprint density at radius 1 is 1.17 bits per heavy atom.